The average molecular weight is 239 g/mol. The number of hydrogen-bond donors (Lipinski definition) is 1. The van der Waals surface area contributed by atoms with Crippen LogP contribution in [0, 0.1) is 0 Å². The van der Waals surface area contributed by atoms with E-state index in [1.807, 2.05) is 17.9 Å². The number of aromatic nitrogens is 2. The Labute approximate surface area is 104 Å². The molecule has 98 valence electrons. The van der Waals surface area contributed by atoms with Gasteiger partial charge in [0.15, 0.2) is 0 Å². The van der Waals surface area contributed by atoms with Gasteiger partial charge >= 0.3 is 0 Å². The minimum Gasteiger partial charge on any atom is -0.381 e. The first-order valence-corrected chi connectivity index (χ1v) is 6.58. The molecule has 0 aliphatic heterocycles. The quantitative estimate of drug-likeness (QED) is 0.672. The summed E-state index contributed by atoms with van der Waals surface area (Å²) in [7, 11) is 1.99. The van der Waals surface area contributed by atoms with E-state index in [2.05, 4.69) is 30.3 Å². The first-order chi connectivity index (χ1) is 8.29. The van der Waals surface area contributed by atoms with Gasteiger partial charge in [-0.15, -0.1) is 0 Å². The van der Waals surface area contributed by atoms with Gasteiger partial charge in [-0.3, -0.25) is 4.68 Å². The van der Waals surface area contributed by atoms with E-state index >= 15 is 0 Å². The van der Waals surface area contributed by atoms with E-state index in [0.717, 1.165) is 39.0 Å². The highest BCUT2D eigenvalue weighted by Gasteiger charge is 2.13. The number of aryl methyl sites for hydroxylation is 1. The second kappa shape index (κ2) is 8.25. The molecule has 1 atom stereocenters. The van der Waals surface area contributed by atoms with Crippen LogP contribution in [0.25, 0.3) is 0 Å². The third kappa shape index (κ3) is 4.88. The fraction of sp³-hybridized carbons (Fsp3) is 0.769. The van der Waals surface area contributed by atoms with Crippen molar-refractivity contribution in [2.45, 2.75) is 39.2 Å². The highest BCUT2D eigenvalue weighted by molar-refractivity contribution is 5.06. The second-order valence-corrected chi connectivity index (χ2v) is 4.29. The summed E-state index contributed by atoms with van der Waals surface area (Å²) in [5.41, 5.74) is 1.23. The Hall–Kier alpha value is -0.870. The Bertz CT molecular complexity index is 299. The van der Waals surface area contributed by atoms with Gasteiger partial charge in [0.1, 0.15) is 0 Å². The van der Waals surface area contributed by atoms with Gasteiger partial charge in [0.2, 0.25) is 0 Å². The van der Waals surface area contributed by atoms with E-state index in [-0.39, 0.29) is 0 Å². The number of ether oxygens (including phenoxy) is 1. The van der Waals surface area contributed by atoms with Gasteiger partial charge in [-0.2, -0.15) is 5.10 Å². The minimum absolute atomic E-state index is 0.347. The molecule has 1 heterocycles. The molecule has 0 saturated carbocycles. The Morgan fingerprint density at radius 1 is 1.35 bits per heavy atom. The van der Waals surface area contributed by atoms with Crippen LogP contribution in [-0.4, -0.2) is 29.5 Å². The van der Waals surface area contributed by atoms with E-state index in [4.69, 9.17) is 4.74 Å². The van der Waals surface area contributed by atoms with Gasteiger partial charge < -0.3 is 10.1 Å². The van der Waals surface area contributed by atoms with Crippen molar-refractivity contribution < 1.29 is 4.74 Å². The van der Waals surface area contributed by atoms with Crippen LogP contribution in [0.15, 0.2) is 12.3 Å². The Morgan fingerprint density at radius 3 is 2.76 bits per heavy atom. The predicted molar refractivity (Wildman–Crippen MR) is 70.0 cm³/mol. The molecule has 4 nitrogen and oxygen atoms in total. The summed E-state index contributed by atoms with van der Waals surface area (Å²) in [6.45, 7) is 7.00. The molecule has 0 radical (unpaired) electrons. The van der Waals surface area contributed by atoms with Crippen LogP contribution >= 0.6 is 0 Å². The van der Waals surface area contributed by atoms with Crippen molar-refractivity contribution in [3.63, 3.8) is 0 Å². The molecule has 0 aromatic carbocycles. The van der Waals surface area contributed by atoms with Crippen molar-refractivity contribution >= 4 is 0 Å². The smallest absolute Gasteiger partial charge is 0.0551 e. The molecule has 1 aromatic heterocycles. The van der Waals surface area contributed by atoms with Gasteiger partial charge in [0.05, 0.1) is 11.7 Å². The van der Waals surface area contributed by atoms with Crippen molar-refractivity contribution in [2.75, 3.05) is 19.8 Å². The minimum atomic E-state index is 0.347. The first-order valence-electron chi connectivity index (χ1n) is 6.58. The summed E-state index contributed by atoms with van der Waals surface area (Å²) in [6.07, 6.45) is 5.07. The fourth-order valence-corrected chi connectivity index (χ4v) is 1.85. The van der Waals surface area contributed by atoms with E-state index in [9.17, 15) is 0 Å². The summed E-state index contributed by atoms with van der Waals surface area (Å²) < 4.78 is 7.50. The zero-order valence-corrected chi connectivity index (χ0v) is 11.3. The normalized spacial score (nSPS) is 12.9. The van der Waals surface area contributed by atoms with E-state index < -0.39 is 0 Å². The fourth-order valence-electron chi connectivity index (χ4n) is 1.85. The van der Waals surface area contributed by atoms with Gasteiger partial charge in [-0.05, 0) is 31.9 Å². The highest BCUT2D eigenvalue weighted by atomic mass is 16.5. The highest BCUT2D eigenvalue weighted by Crippen LogP contribution is 2.15. The Kier molecular flexibility index (Phi) is 6.89. The van der Waals surface area contributed by atoms with Crippen molar-refractivity contribution in [2.24, 2.45) is 7.05 Å². The topological polar surface area (TPSA) is 39.1 Å². The van der Waals surface area contributed by atoms with Crippen molar-refractivity contribution in [3.8, 4) is 0 Å². The molecule has 0 saturated heterocycles. The lowest BCUT2D eigenvalue weighted by molar-refractivity contribution is 0.124. The molecular formula is C13H25N3O. The van der Waals surface area contributed by atoms with Crippen LogP contribution < -0.4 is 5.32 Å². The van der Waals surface area contributed by atoms with Crippen LogP contribution in [0.1, 0.15) is 44.8 Å². The molecule has 1 unspecified atom stereocenters. The molecule has 0 spiro atoms. The average Bonchev–Trinajstić information content (AvgIpc) is 2.75. The maximum Gasteiger partial charge on any atom is 0.0551 e. The molecule has 4 heteroatoms. The summed E-state index contributed by atoms with van der Waals surface area (Å²) in [5, 5.41) is 7.77. The zero-order valence-electron chi connectivity index (χ0n) is 11.3. The van der Waals surface area contributed by atoms with Gasteiger partial charge in [-0.1, -0.05) is 13.8 Å². The summed E-state index contributed by atoms with van der Waals surface area (Å²) in [5.74, 6) is 0. The van der Waals surface area contributed by atoms with Gasteiger partial charge in [0, 0.05) is 26.5 Å². The maximum absolute atomic E-state index is 5.56. The molecular weight excluding hydrogens is 214 g/mol. The molecule has 0 aliphatic carbocycles. The van der Waals surface area contributed by atoms with Crippen LogP contribution in [0.5, 0.6) is 0 Å². The number of hydrogen-bond acceptors (Lipinski definition) is 3. The summed E-state index contributed by atoms with van der Waals surface area (Å²) >= 11 is 0. The monoisotopic (exact) mass is 239 g/mol. The molecule has 0 amide bonds. The molecule has 0 bridgehead atoms. The standard InChI is InChI=1S/C13H25N3O/c1-4-8-14-12(7-11-17-10-5-2)13-6-9-15-16(13)3/h6,9,12,14H,4-5,7-8,10-11H2,1-3H3. The number of rotatable bonds is 9. The van der Waals surface area contributed by atoms with Crippen LogP contribution in [0.3, 0.4) is 0 Å². The third-order valence-electron chi connectivity index (χ3n) is 2.76. The molecule has 0 aliphatic rings. The first kappa shape index (κ1) is 14.2. The van der Waals surface area contributed by atoms with Crippen molar-refractivity contribution in [3.05, 3.63) is 18.0 Å². The molecule has 1 rings (SSSR count). The van der Waals surface area contributed by atoms with Crippen LogP contribution in [0.4, 0.5) is 0 Å². The summed E-state index contributed by atoms with van der Waals surface area (Å²) in [6, 6.07) is 2.42. The zero-order chi connectivity index (χ0) is 12.5. The molecule has 1 N–H and O–H groups in total. The van der Waals surface area contributed by atoms with Gasteiger partial charge in [0.25, 0.3) is 0 Å². The lowest BCUT2D eigenvalue weighted by atomic mass is 10.1. The third-order valence-corrected chi connectivity index (χ3v) is 2.76. The maximum atomic E-state index is 5.56. The van der Waals surface area contributed by atoms with E-state index in [1.165, 1.54) is 5.69 Å². The van der Waals surface area contributed by atoms with E-state index in [1.54, 1.807) is 0 Å². The lowest BCUT2D eigenvalue weighted by Crippen LogP contribution is -2.25. The van der Waals surface area contributed by atoms with Crippen molar-refractivity contribution in [1.29, 1.82) is 0 Å². The lowest BCUT2D eigenvalue weighted by Gasteiger charge is -2.18. The van der Waals surface area contributed by atoms with Crippen molar-refractivity contribution in [1.82, 2.24) is 15.1 Å². The molecule has 1 aromatic rings. The van der Waals surface area contributed by atoms with Crippen LogP contribution in [0.2, 0.25) is 0 Å². The second-order valence-electron chi connectivity index (χ2n) is 4.29. The van der Waals surface area contributed by atoms with E-state index in [0.29, 0.717) is 6.04 Å². The molecule has 0 fully saturated rings. The predicted octanol–water partition coefficient (Wildman–Crippen LogP) is 2.28. The Morgan fingerprint density at radius 2 is 2.18 bits per heavy atom. The van der Waals surface area contributed by atoms with Crippen LogP contribution in [-0.2, 0) is 11.8 Å². The Balaban J connectivity index is 2.46. The largest absolute Gasteiger partial charge is 0.381 e. The number of nitrogens with zero attached hydrogens (tertiary/aromatic N) is 2. The number of nitrogens with one attached hydrogen (secondary N) is 1. The SMILES string of the molecule is CCCNC(CCOCCC)c1ccnn1C. The van der Waals surface area contributed by atoms with Gasteiger partial charge in [-0.25, -0.2) is 0 Å². The summed E-state index contributed by atoms with van der Waals surface area (Å²) in [4.78, 5) is 0. The molecule has 17 heavy (non-hydrogen) atoms.